The smallest absolute Gasteiger partial charge is 0.346 e. The number of hydrogen-bond acceptors (Lipinski definition) is 6. The van der Waals surface area contributed by atoms with Crippen molar-refractivity contribution >= 4 is 28.6 Å². The number of fused-ring (bicyclic) bond motifs is 1. The number of aryl methyl sites for hydroxylation is 1. The number of hydroxylamine groups is 2. The molecule has 0 spiro atoms. The Labute approximate surface area is 203 Å². The molecule has 0 aliphatic carbocycles. The van der Waals surface area contributed by atoms with Crippen LogP contribution < -0.4 is 11.1 Å². The monoisotopic (exact) mass is 469 g/mol. The Bertz CT molecular complexity index is 1390. The summed E-state index contributed by atoms with van der Waals surface area (Å²) in [5, 5.41) is 9.40. The molecule has 0 aliphatic heterocycles. The first-order valence-electron chi connectivity index (χ1n) is 11.3. The summed E-state index contributed by atoms with van der Waals surface area (Å²) in [6.45, 7) is 4.61. The zero-order chi connectivity index (χ0) is 24.8. The Morgan fingerprint density at radius 1 is 1.14 bits per heavy atom. The molecule has 0 saturated heterocycles. The Hall–Kier alpha value is -4.42. The van der Waals surface area contributed by atoms with Crippen LogP contribution in [0.5, 0.6) is 0 Å². The molecule has 4 rings (SSSR count). The highest BCUT2D eigenvalue weighted by molar-refractivity contribution is 5.91. The van der Waals surface area contributed by atoms with Crippen molar-refractivity contribution in [3.63, 3.8) is 0 Å². The van der Waals surface area contributed by atoms with E-state index >= 15 is 0 Å². The van der Waals surface area contributed by atoms with E-state index < -0.39 is 0 Å². The van der Waals surface area contributed by atoms with Crippen LogP contribution in [0.3, 0.4) is 0 Å². The molecule has 0 aliphatic rings. The van der Waals surface area contributed by atoms with Crippen LogP contribution in [0, 0.1) is 11.8 Å². The second-order valence-electron chi connectivity index (χ2n) is 7.73. The molecule has 2 heterocycles. The fourth-order valence-corrected chi connectivity index (χ4v) is 3.89. The van der Waals surface area contributed by atoms with E-state index in [9.17, 15) is 4.79 Å². The average molecular weight is 470 g/mol. The van der Waals surface area contributed by atoms with Crippen LogP contribution in [0.2, 0.25) is 0 Å². The topological polar surface area (TPSA) is 111 Å². The lowest BCUT2D eigenvalue weighted by Crippen LogP contribution is -2.37. The maximum Gasteiger partial charge on any atom is 0.346 e. The van der Waals surface area contributed by atoms with Crippen molar-refractivity contribution in [1.82, 2.24) is 24.8 Å². The van der Waals surface area contributed by atoms with Gasteiger partial charge in [0.05, 0.1) is 18.5 Å². The van der Waals surface area contributed by atoms with Gasteiger partial charge in [0, 0.05) is 17.8 Å². The summed E-state index contributed by atoms with van der Waals surface area (Å²) in [7, 11) is 1.49. The molecule has 9 nitrogen and oxygen atoms in total. The highest BCUT2D eigenvalue weighted by Gasteiger charge is 2.24. The van der Waals surface area contributed by atoms with Gasteiger partial charge in [-0.2, -0.15) is 10.2 Å². The largest absolute Gasteiger partial charge is 0.383 e. The normalized spacial score (nSPS) is 11.5. The Morgan fingerprint density at radius 3 is 2.66 bits per heavy atom. The number of benzene rings is 2. The molecule has 9 heteroatoms. The summed E-state index contributed by atoms with van der Waals surface area (Å²) in [4.78, 5) is 26.8. The van der Waals surface area contributed by atoms with Gasteiger partial charge >= 0.3 is 6.03 Å². The Balaban J connectivity index is 1.56. The minimum Gasteiger partial charge on any atom is -0.383 e. The Morgan fingerprint density at radius 2 is 1.94 bits per heavy atom. The summed E-state index contributed by atoms with van der Waals surface area (Å²) >= 11 is 0. The van der Waals surface area contributed by atoms with Gasteiger partial charge in [-0.1, -0.05) is 49.2 Å². The van der Waals surface area contributed by atoms with Crippen LogP contribution in [0.15, 0.2) is 60.9 Å². The van der Waals surface area contributed by atoms with Crippen molar-refractivity contribution in [3.8, 4) is 11.8 Å². The molecular weight excluding hydrogens is 442 g/mol. The summed E-state index contributed by atoms with van der Waals surface area (Å²) in [5.41, 5.74) is 9.51. The number of carbonyl (C=O) groups is 1. The first-order valence-corrected chi connectivity index (χ1v) is 11.3. The van der Waals surface area contributed by atoms with Crippen molar-refractivity contribution in [2.75, 3.05) is 18.2 Å². The number of nitrogens with one attached hydrogen (secondary N) is 1. The molecule has 4 aromatic rings. The number of nitrogens with zero attached hydrogens (tertiary/aromatic N) is 5. The van der Waals surface area contributed by atoms with E-state index in [0.29, 0.717) is 46.8 Å². The quantitative estimate of drug-likeness (QED) is 0.320. The van der Waals surface area contributed by atoms with Crippen molar-refractivity contribution < 1.29 is 9.63 Å². The van der Waals surface area contributed by atoms with Gasteiger partial charge in [-0.05, 0) is 43.0 Å². The van der Waals surface area contributed by atoms with Crippen LogP contribution in [0.25, 0.3) is 11.0 Å². The van der Waals surface area contributed by atoms with Gasteiger partial charge in [0.25, 0.3) is 0 Å². The number of nitrogen functional groups attached to an aromatic ring is 1. The number of rotatable bonds is 6. The summed E-state index contributed by atoms with van der Waals surface area (Å²) in [5.74, 6) is 6.51. The van der Waals surface area contributed by atoms with Gasteiger partial charge in [0.1, 0.15) is 17.8 Å². The molecule has 3 N–H and O–H groups in total. The van der Waals surface area contributed by atoms with E-state index in [4.69, 9.17) is 10.6 Å². The van der Waals surface area contributed by atoms with Crippen molar-refractivity contribution in [1.29, 1.82) is 0 Å². The molecule has 35 heavy (non-hydrogen) atoms. The van der Waals surface area contributed by atoms with Crippen LogP contribution in [0.4, 0.5) is 16.3 Å². The average Bonchev–Trinajstić information content (AvgIpc) is 3.25. The van der Waals surface area contributed by atoms with Gasteiger partial charge in [0.15, 0.2) is 5.65 Å². The lowest BCUT2D eigenvalue weighted by Gasteiger charge is -2.29. The molecule has 178 valence electrons. The number of nitrogens with two attached hydrogens (primary N) is 1. The van der Waals surface area contributed by atoms with Crippen molar-refractivity contribution in [3.05, 3.63) is 77.7 Å². The minimum absolute atomic E-state index is 0.223. The second-order valence-corrected chi connectivity index (χ2v) is 7.73. The van der Waals surface area contributed by atoms with Gasteiger partial charge in [-0.3, -0.25) is 4.84 Å². The molecule has 0 radical (unpaired) electrons. The summed E-state index contributed by atoms with van der Waals surface area (Å²) in [6, 6.07) is 16.5. The summed E-state index contributed by atoms with van der Waals surface area (Å²) < 4.78 is 1.74. The third-order valence-corrected chi connectivity index (χ3v) is 5.55. The fourth-order valence-electron chi connectivity index (χ4n) is 3.89. The molecule has 1 atom stereocenters. The molecule has 0 fully saturated rings. The third kappa shape index (κ3) is 5.08. The van der Waals surface area contributed by atoms with Crippen LogP contribution >= 0.6 is 0 Å². The predicted molar refractivity (Wildman–Crippen MR) is 135 cm³/mol. The lowest BCUT2D eigenvalue weighted by atomic mass is 10.0. The summed E-state index contributed by atoms with van der Waals surface area (Å²) in [6.07, 6.45) is 2.11. The molecular formula is C26H27N7O2. The van der Waals surface area contributed by atoms with Gasteiger partial charge in [0.2, 0.25) is 0 Å². The molecule has 0 saturated carbocycles. The number of urea groups is 1. The molecule has 2 amide bonds. The van der Waals surface area contributed by atoms with E-state index in [-0.39, 0.29) is 12.1 Å². The minimum atomic E-state index is -0.370. The number of anilines is 2. The van der Waals surface area contributed by atoms with Crippen LogP contribution in [-0.4, -0.2) is 38.0 Å². The Kier molecular flexibility index (Phi) is 7.24. The van der Waals surface area contributed by atoms with Crippen LogP contribution in [0.1, 0.15) is 43.1 Å². The van der Waals surface area contributed by atoms with Crippen molar-refractivity contribution in [2.24, 2.45) is 0 Å². The first-order chi connectivity index (χ1) is 17.0. The highest BCUT2D eigenvalue weighted by Crippen LogP contribution is 2.25. The van der Waals surface area contributed by atoms with E-state index in [1.54, 1.807) is 16.8 Å². The zero-order valence-electron chi connectivity index (χ0n) is 19.9. The molecule has 1 unspecified atom stereocenters. The van der Waals surface area contributed by atoms with E-state index in [0.717, 1.165) is 5.56 Å². The number of hydrogen-bond donors (Lipinski definition) is 2. The third-order valence-electron chi connectivity index (χ3n) is 5.55. The highest BCUT2D eigenvalue weighted by atomic mass is 16.7. The van der Waals surface area contributed by atoms with E-state index in [1.165, 1.54) is 18.5 Å². The van der Waals surface area contributed by atoms with Gasteiger partial charge < -0.3 is 11.1 Å². The number of carbonyl (C=O) groups excluding carboxylic acids is 1. The number of aromatic nitrogens is 4. The van der Waals surface area contributed by atoms with E-state index in [1.807, 2.05) is 56.3 Å². The molecule has 2 aromatic heterocycles. The fraction of sp³-hybridized carbons (Fsp3) is 0.231. The SMILES string of the molecule is CCC(c1ccccc1)N(OC)C(=O)Nc1cccc(C#Cc2nn(CC)c3ncnc(N)c23)c1. The predicted octanol–water partition coefficient (Wildman–Crippen LogP) is 4.37. The van der Waals surface area contributed by atoms with Crippen LogP contribution in [-0.2, 0) is 11.4 Å². The van der Waals surface area contributed by atoms with E-state index in [2.05, 4.69) is 32.2 Å². The second kappa shape index (κ2) is 10.7. The zero-order valence-corrected chi connectivity index (χ0v) is 19.9. The molecule has 2 aromatic carbocycles. The van der Waals surface area contributed by atoms with Gasteiger partial charge in [-0.15, -0.1) is 0 Å². The molecule has 0 bridgehead atoms. The standard InChI is InChI=1S/C26H27N7O2/c1-4-22(19-11-7-6-8-12-19)33(35-3)26(34)30-20-13-9-10-18(16-20)14-15-21-23-24(27)28-17-29-25(23)32(5-2)31-21/h6-13,16-17,22H,4-5H2,1-3H3,(H,30,34)(H2,27,28,29). The maximum atomic E-state index is 13.0. The lowest BCUT2D eigenvalue weighted by molar-refractivity contribution is -0.115. The number of amides is 2. The van der Waals surface area contributed by atoms with Gasteiger partial charge in [-0.25, -0.2) is 19.4 Å². The maximum absolute atomic E-state index is 13.0. The van der Waals surface area contributed by atoms with Crippen molar-refractivity contribution in [2.45, 2.75) is 32.9 Å². The first kappa shape index (κ1) is 23.7.